The number of carbonyl (C=O) groups excluding carboxylic acids is 2. The van der Waals surface area contributed by atoms with Crippen LogP contribution in [0.25, 0.3) is 0 Å². The molecule has 0 bridgehead atoms. The van der Waals surface area contributed by atoms with Gasteiger partial charge in [0.1, 0.15) is 0 Å². The van der Waals surface area contributed by atoms with Gasteiger partial charge >= 0.3 is 5.97 Å². The minimum Gasteiger partial charge on any atom is -0.454 e. The third kappa shape index (κ3) is 4.36. The van der Waals surface area contributed by atoms with E-state index in [1.807, 2.05) is 43.3 Å². The largest absolute Gasteiger partial charge is 0.454 e. The Morgan fingerprint density at radius 2 is 1.64 bits per heavy atom. The van der Waals surface area contributed by atoms with Crippen molar-refractivity contribution >= 4 is 11.8 Å². The topological polar surface area (TPSA) is 43.4 Å². The Balaban J connectivity index is 1.58. The molecule has 0 aliphatic heterocycles. The van der Waals surface area contributed by atoms with Gasteiger partial charge in [0.2, 0.25) is 0 Å². The van der Waals surface area contributed by atoms with Crippen LogP contribution in [0.15, 0.2) is 48.5 Å². The second kappa shape index (κ2) is 8.11. The van der Waals surface area contributed by atoms with Crippen molar-refractivity contribution in [3.63, 3.8) is 0 Å². The maximum atomic E-state index is 12.3. The highest BCUT2D eigenvalue weighted by Gasteiger charge is 2.17. The molecule has 1 aliphatic carbocycles. The molecule has 130 valence electrons. The summed E-state index contributed by atoms with van der Waals surface area (Å²) < 4.78 is 5.18. The lowest BCUT2D eigenvalue weighted by molar-refractivity contribution is 0.0474. The number of benzene rings is 2. The van der Waals surface area contributed by atoms with Gasteiger partial charge in [0.25, 0.3) is 0 Å². The molecule has 1 fully saturated rings. The number of hydrogen-bond acceptors (Lipinski definition) is 3. The maximum absolute atomic E-state index is 12.3. The molecule has 2 aromatic carbocycles. The standard InChI is InChI=1S/C22H24O3/c1-16-7-5-6-10-20(16)22(24)25-15-21(23)19-13-11-18(12-14-19)17-8-3-2-4-9-17/h5-7,10-14,17H,2-4,8-9,15H2,1H3. The minimum absolute atomic E-state index is 0.169. The van der Waals surface area contributed by atoms with Crippen molar-refractivity contribution in [3.05, 3.63) is 70.8 Å². The van der Waals surface area contributed by atoms with E-state index in [4.69, 9.17) is 4.74 Å². The summed E-state index contributed by atoms with van der Waals surface area (Å²) in [5, 5.41) is 0. The van der Waals surface area contributed by atoms with E-state index in [2.05, 4.69) is 0 Å². The molecule has 3 nitrogen and oxygen atoms in total. The van der Waals surface area contributed by atoms with Crippen LogP contribution in [0.2, 0.25) is 0 Å². The van der Waals surface area contributed by atoms with Crippen LogP contribution in [-0.4, -0.2) is 18.4 Å². The molecule has 0 spiro atoms. The number of esters is 1. The van der Waals surface area contributed by atoms with Crippen molar-refractivity contribution in [1.82, 2.24) is 0 Å². The van der Waals surface area contributed by atoms with Gasteiger partial charge in [-0.1, -0.05) is 61.7 Å². The van der Waals surface area contributed by atoms with Gasteiger partial charge in [-0.3, -0.25) is 4.79 Å². The van der Waals surface area contributed by atoms with Crippen LogP contribution < -0.4 is 0 Å². The van der Waals surface area contributed by atoms with Gasteiger partial charge in [-0.2, -0.15) is 0 Å². The van der Waals surface area contributed by atoms with Crippen LogP contribution in [0.5, 0.6) is 0 Å². The molecule has 0 amide bonds. The summed E-state index contributed by atoms with van der Waals surface area (Å²) >= 11 is 0. The van der Waals surface area contributed by atoms with Gasteiger partial charge in [-0.05, 0) is 42.9 Å². The van der Waals surface area contributed by atoms with Crippen molar-refractivity contribution in [2.24, 2.45) is 0 Å². The molecular weight excluding hydrogens is 312 g/mol. The second-order valence-corrected chi connectivity index (χ2v) is 6.77. The van der Waals surface area contributed by atoms with Crippen molar-refractivity contribution in [2.75, 3.05) is 6.61 Å². The molecule has 3 heteroatoms. The Labute approximate surface area is 149 Å². The molecule has 0 unspecified atom stereocenters. The maximum Gasteiger partial charge on any atom is 0.338 e. The van der Waals surface area contributed by atoms with Gasteiger partial charge in [0, 0.05) is 5.56 Å². The van der Waals surface area contributed by atoms with Crippen LogP contribution in [0.1, 0.15) is 69.9 Å². The first-order valence-corrected chi connectivity index (χ1v) is 9.01. The third-order valence-corrected chi connectivity index (χ3v) is 5.01. The zero-order chi connectivity index (χ0) is 17.6. The molecule has 25 heavy (non-hydrogen) atoms. The molecule has 0 radical (unpaired) electrons. The number of ketones is 1. The molecule has 0 atom stereocenters. The van der Waals surface area contributed by atoms with E-state index in [0.29, 0.717) is 17.0 Å². The first-order valence-electron chi connectivity index (χ1n) is 9.01. The van der Waals surface area contributed by atoms with E-state index in [-0.39, 0.29) is 12.4 Å². The summed E-state index contributed by atoms with van der Waals surface area (Å²) in [5.41, 5.74) is 3.25. The molecule has 2 aromatic rings. The number of Topliss-reactive ketones (excluding diaryl/α,β-unsaturated/α-hetero) is 1. The van der Waals surface area contributed by atoms with E-state index in [1.54, 1.807) is 12.1 Å². The highest BCUT2D eigenvalue weighted by molar-refractivity contribution is 5.99. The lowest BCUT2D eigenvalue weighted by atomic mass is 9.84. The lowest BCUT2D eigenvalue weighted by Gasteiger charge is -2.22. The second-order valence-electron chi connectivity index (χ2n) is 6.77. The molecule has 0 saturated heterocycles. The quantitative estimate of drug-likeness (QED) is 0.565. The number of rotatable bonds is 5. The first kappa shape index (κ1) is 17.4. The molecule has 1 saturated carbocycles. The smallest absolute Gasteiger partial charge is 0.338 e. The summed E-state index contributed by atoms with van der Waals surface area (Å²) in [5.74, 6) is -0.000750. The van der Waals surface area contributed by atoms with Crippen molar-refractivity contribution < 1.29 is 14.3 Å². The molecule has 0 aromatic heterocycles. The van der Waals surface area contributed by atoms with E-state index in [0.717, 1.165) is 5.56 Å². The normalized spacial score (nSPS) is 14.9. The SMILES string of the molecule is Cc1ccccc1C(=O)OCC(=O)c1ccc(C2CCCCC2)cc1. The zero-order valence-corrected chi connectivity index (χ0v) is 14.7. The van der Waals surface area contributed by atoms with Crippen LogP contribution >= 0.6 is 0 Å². The molecule has 3 rings (SSSR count). The number of aryl methyl sites for hydroxylation is 1. The number of hydrogen-bond donors (Lipinski definition) is 0. The Kier molecular flexibility index (Phi) is 5.64. The zero-order valence-electron chi connectivity index (χ0n) is 14.7. The van der Waals surface area contributed by atoms with Crippen LogP contribution in [0.4, 0.5) is 0 Å². The van der Waals surface area contributed by atoms with E-state index >= 15 is 0 Å². The van der Waals surface area contributed by atoms with E-state index in [9.17, 15) is 9.59 Å². The highest BCUT2D eigenvalue weighted by Crippen LogP contribution is 2.32. The predicted octanol–water partition coefficient (Wildman–Crippen LogP) is 5.08. The van der Waals surface area contributed by atoms with Crippen LogP contribution in [0, 0.1) is 6.92 Å². The van der Waals surface area contributed by atoms with Gasteiger partial charge in [-0.25, -0.2) is 4.79 Å². The van der Waals surface area contributed by atoms with Gasteiger partial charge in [0.15, 0.2) is 12.4 Å². The van der Waals surface area contributed by atoms with Gasteiger partial charge < -0.3 is 4.74 Å². The summed E-state index contributed by atoms with van der Waals surface area (Å²) in [4.78, 5) is 24.4. The molecule has 0 N–H and O–H groups in total. The van der Waals surface area contributed by atoms with Crippen molar-refractivity contribution in [1.29, 1.82) is 0 Å². The molecule has 1 aliphatic rings. The van der Waals surface area contributed by atoms with Gasteiger partial charge in [0.05, 0.1) is 5.56 Å². The Bertz CT molecular complexity index is 740. The average molecular weight is 336 g/mol. The number of carbonyl (C=O) groups is 2. The monoisotopic (exact) mass is 336 g/mol. The fourth-order valence-corrected chi connectivity index (χ4v) is 3.47. The predicted molar refractivity (Wildman–Crippen MR) is 98.1 cm³/mol. The minimum atomic E-state index is -0.453. The summed E-state index contributed by atoms with van der Waals surface area (Å²) in [6.07, 6.45) is 6.39. The highest BCUT2D eigenvalue weighted by atomic mass is 16.5. The lowest BCUT2D eigenvalue weighted by Crippen LogP contribution is -2.15. The van der Waals surface area contributed by atoms with Crippen molar-refractivity contribution in [3.8, 4) is 0 Å². The van der Waals surface area contributed by atoms with Crippen LogP contribution in [-0.2, 0) is 4.74 Å². The summed E-state index contributed by atoms with van der Waals surface area (Å²) in [7, 11) is 0. The van der Waals surface area contributed by atoms with E-state index < -0.39 is 5.97 Å². The van der Waals surface area contributed by atoms with Gasteiger partial charge in [-0.15, -0.1) is 0 Å². The van der Waals surface area contributed by atoms with E-state index in [1.165, 1.54) is 37.7 Å². The molecule has 0 heterocycles. The summed E-state index contributed by atoms with van der Waals surface area (Å²) in [6, 6.07) is 15.0. The Morgan fingerprint density at radius 3 is 2.32 bits per heavy atom. The average Bonchev–Trinajstić information content (AvgIpc) is 2.67. The summed E-state index contributed by atoms with van der Waals surface area (Å²) in [6.45, 7) is 1.62. The fourth-order valence-electron chi connectivity index (χ4n) is 3.47. The van der Waals surface area contributed by atoms with Crippen LogP contribution in [0.3, 0.4) is 0 Å². The first-order chi connectivity index (χ1) is 12.1. The fraction of sp³-hybridized carbons (Fsp3) is 0.364. The Hall–Kier alpha value is -2.42. The Morgan fingerprint density at radius 1 is 0.960 bits per heavy atom. The van der Waals surface area contributed by atoms with Crippen molar-refractivity contribution in [2.45, 2.75) is 44.9 Å². The molecular formula is C22H24O3. The number of ether oxygens (including phenoxy) is 1. The third-order valence-electron chi connectivity index (χ3n) is 5.01.